The lowest BCUT2D eigenvalue weighted by Crippen LogP contribution is -2.15. The monoisotopic (exact) mass is 233 g/mol. The van der Waals surface area contributed by atoms with E-state index in [0.29, 0.717) is 6.42 Å². The van der Waals surface area contributed by atoms with Gasteiger partial charge in [0.1, 0.15) is 0 Å². The number of amides is 1. The molecule has 0 aromatic heterocycles. The van der Waals surface area contributed by atoms with Gasteiger partial charge >= 0.3 is 0 Å². The molecular formula is C13H19N3O. The normalized spacial score (nSPS) is 10.6. The van der Waals surface area contributed by atoms with Crippen molar-refractivity contribution in [2.24, 2.45) is 11.5 Å². The van der Waals surface area contributed by atoms with Crippen molar-refractivity contribution in [2.45, 2.75) is 32.2 Å². The van der Waals surface area contributed by atoms with Crippen LogP contribution in [0.3, 0.4) is 0 Å². The van der Waals surface area contributed by atoms with Crippen LogP contribution in [0.5, 0.6) is 0 Å². The van der Waals surface area contributed by atoms with E-state index < -0.39 is 0 Å². The Morgan fingerprint density at radius 1 is 1.41 bits per heavy atom. The third kappa shape index (κ3) is 9.09. The molecule has 0 fully saturated rings. The van der Waals surface area contributed by atoms with Crippen molar-refractivity contribution in [1.82, 2.24) is 0 Å². The minimum absolute atomic E-state index is 0.245. The lowest BCUT2D eigenvalue weighted by Gasteiger charge is -1.93. The minimum atomic E-state index is -0.286. The fraction of sp³-hybridized carbons (Fsp3) is 0.385. The number of benzene rings is 1. The van der Waals surface area contributed by atoms with Gasteiger partial charge in [0.2, 0.25) is 5.91 Å². The molecule has 1 unspecified atom stereocenters. The zero-order valence-corrected chi connectivity index (χ0v) is 10.1. The number of carbonyl (C=O) groups excluding carboxylic acids is 1. The zero-order chi connectivity index (χ0) is 13.1. The van der Waals surface area contributed by atoms with Crippen LogP contribution in [0.4, 0.5) is 0 Å². The van der Waals surface area contributed by atoms with Crippen LogP contribution < -0.4 is 11.5 Å². The van der Waals surface area contributed by atoms with Crippen LogP contribution in [0.15, 0.2) is 30.3 Å². The van der Waals surface area contributed by atoms with E-state index in [1.807, 2.05) is 43.3 Å². The first-order valence-electron chi connectivity index (χ1n) is 5.57. The summed E-state index contributed by atoms with van der Waals surface area (Å²) in [6.45, 7) is 2.01. The largest absolute Gasteiger partial charge is 0.369 e. The first kappa shape index (κ1) is 15.1. The Bertz CT molecular complexity index is 357. The molecule has 0 radical (unpaired) electrons. The van der Waals surface area contributed by atoms with Crippen LogP contribution in [0.1, 0.15) is 25.3 Å². The van der Waals surface area contributed by atoms with Gasteiger partial charge in [-0.25, -0.2) is 0 Å². The highest BCUT2D eigenvalue weighted by molar-refractivity contribution is 5.76. The van der Waals surface area contributed by atoms with Crippen molar-refractivity contribution in [3.63, 3.8) is 0 Å². The van der Waals surface area contributed by atoms with Gasteiger partial charge in [0.25, 0.3) is 0 Å². The number of nitrogens with zero attached hydrogens (tertiary/aromatic N) is 1. The number of rotatable bonds is 4. The number of carbonyl (C=O) groups is 1. The van der Waals surface area contributed by atoms with Crippen molar-refractivity contribution in [3.8, 4) is 6.07 Å². The Morgan fingerprint density at radius 3 is 2.35 bits per heavy atom. The summed E-state index contributed by atoms with van der Waals surface area (Å²) in [6, 6.07) is 11.1. The summed E-state index contributed by atoms with van der Waals surface area (Å²) in [4.78, 5) is 10.4. The molecular weight excluding hydrogens is 214 g/mol. The van der Waals surface area contributed by atoms with Crippen molar-refractivity contribution < 1.29 is 4.79 Å². The first-order chi connectivity index (χ1) is 8.10. The summed E-state index contributed by atoms with van der Waals surface area (Å²) < 4.78 is 0. The molecule has 92 valence electrons. The number of nitrogens with two attached hydrogens (primary N) is 2. The van der Waals surface area contributed by atoms with Crippen LogP contribution in [0, 0.1) is 11.3 Å². The van der Waals surface area contributed by atoms with E-state index in [1.54, 1.807) is 0 Å². The summed E-state index contributed by atoms with van der Waals surface area (Å²) >= 11 is 0. The van der Waals surface area contributed by atoms with E-state index in [4.69, 9.17) is 16.7 Å². The van der Waals surface area contributed by atoms with Gasteiger partial charge in [0.15, 0.2) is 0 Å². The highest BCUT2D eigenvalue weighted by Crippen LogP contribution is 1.97. The van der Waals surface area contributed by atoms with Gasteiger partial charge in [0.05, 0.1) is 18.5 Å². The second-order valence-electron chi connectivity index (χ2n) is 3.65. The van der Waals surface area contributed by atoms with Gasteiger partial charge in [-0.15, -0.1) is 0 Å². The Balaban J connectivity index is 0.000000325. The molecule has 1 rings (SSSR count). The molecule has 0 bridgehead atoms. The number of primary amides is 1. The average molecular weight is 233 g/mol. The molecule has 0 aliphatic heterocycles. The maximum absolute atomic E-state index is 10.4. The second-order valence-corrected chi connectivity index (χ2v) is 3.65. The lowest BCUT2D eigenvalue weighted by atomic mass is 10.1. The van der Waals surface area contributed by atoms with Gasteiger partial charge in [-0.2, -0.15) is 5.26 Å². The van der Waals surface area contributed by atoms with Gasteiger partial charge in [-0.3, -0.25) is 4.79 Å². The Hall–Kier alpha value is -1.86. The lowest BCUT2D eigenvalue weighted by molar-refractivity contribution is -0.117. The van der Waals surface area contributed by atoms with E-state index in [-0.39, 0.29) is 11.9 Å². The molecule has 1 amide bonds. The standard InChI is InChI=1S/C8H9NO.C5H10N2/c9-8(10)6-7-4-2-1-3-5-7;1-2-3-5(7)4-6/h1-5H,6H2,(H2,9,10);5H,2-3,7H2,1H3. The third-order valence-corrected chi connectivity index (χ3v) is 1.99. The van der Waals surface area contributed by atoms with Gasteiger partial charge in [-0.1, -0.05) is 43.7 Å². The van der Waals surface area contributed by atoms with Crippen LogP contribution in [0.25, 0.3) is 0 Å². The molecule has 4 heteroatoms. The Kier molecular flexibility index (Phi) is 8.35. The molecule has 1 atom stereocenters. The molecule has 0 heterocycles. The molecule has 4 nitrogen and oxygen atoms in total. The fourth-order valence-electron chi connectivity index (χ4n) is 1.17. The zero-order valence-electron chi connectivity index (χ0n) is 10.1. The van der Waals surface area contributed by atoms with Crippen LogP contribution in [-0.2, 0) is 11.2 Å². The quantitative estimate of drug-likeness (QED) is 0.822. The van der Waals surface area contributed by atoms with Crippen molar-refractivity contribution in [1.29, 1.82) is 5.26 Å². The van der Waals surface area contributed by atoms with E-state index in [0.717, 1.165) is 18.4 Å². The van der Waals surface area contributed by atoms with Crippen LogP contribution in [-0.4, -0.2) is 11.9 Å². The first-order valence-corrected chi connectivity index (χ1v) is 5.57. The predicted molar refractivity (Wildman–Crippen MR) is 67.8 cm³/mol. The van der Waals surface area contributed by atoms with Gasteiger partial charge < -0.3 is 11.5 Å². The summed E-state index contributed by atoms with van der Waals surface area (Å²) in [5, 5.41) is 8.09. The maximum Gasteiger partial charge on any atom is 0.221 e. The Labute approximate surface area is 102 Å². The summed E-state index contributed by atoms with van der Waals surface area (Å²) in [7, 11) is 0. The van der Waals surface area contributed by atoms with E-state index in [9.17, 15) is 4.79 Å². The second kappa shape index (κ2) is 9.37. The number of hydrogen-bond donors (Lipinski definition) is 2. The van der Waals surface area contributed by atoms with E-state index >= 15 is 0 Å². The number of nitriles is 1. The molecule has 0 saturated heterocycles. The van der Waals surface area contributed by atoms with Crippen molar-refractivity contribution >= 4 is 5.91 Å². The van der Waals surface area contributed by atoms with Gasteiger partial charge in [0, 0.05) is 0 Å². The third-order valence-electron chi connectivity index (χ3n) is 1.99. The molecule has 1 aromatic carbocycles. The van der Waals surface area contributed by atoms with Crippen LogP contribution in [0.2, 0.25) is 0 Å². The molecule has 1 aromatic rings. The molecule has 4 N–H and O–H groups in total. The Morgan fingerprint density at radius 2 is 2.00 bits per heavy atom. The van der Waals surface area contributed by atoms with Crippen LogP contribution >= 0.6 is 0 Å². The van der Waals surface area contributed by atoms with Crippen molar-refractivity contribution in [2.75, 3.05) is 0 Å². The topological polar surface area (TPSA) is 92.9 Å². The molecule has 0 spiro atoms. The van der Waals surface area contributed by atoms with E-state index in [2.05, 4.69) is 0 Å². The van der Waals surface area contributed by atoms with Crippen molar-refractivity contribution in [3.05, 3.63) is 35.9 Å². The molecule has 0 aliphatic rings. The smallest absolute Gasteiger partial charge is 0.221 e. The summed E-state index contributed by atoms with van der Waals surface area (Å²) in [5.74, 6) is -0.286. The molecule has 0 saturated carbocycles. The SMILES string of the molecule is CCCC(N)C#N.NC(=O)Cc1ccccc1. The molecule has 0 aliphatic carbocycles. The minimum Gasteiger partial charge on any atom is -0.369 e. The molecule has 17 heavy (non-hydrogen) atoms. The predicted octanol–water partition coefficient (Wildman–Crippen LogP) is 1.35. The van der Waals surface area contributed by atoms with E-state index in [1.165, 1.54) is 0 Å². The highest BCUT2D eigenvalue weighted by Gasteiger charge is 1.94. The summed E-state index contributed by atoms with van der Waals surface area (Å²) in [6.07, 6.45) is 2.14. The maximum atomic E-state index is 10.4. The highest BCUT2D eigenvalue weighted by atomic mass is 16.1. The van der Waals surface area contributed by atoms with Gasteiger partial charge in [-0.05, 0) is 12.0 Å². The average Bonchev–Trinajstić information content (AvgIpc) is 2.30. The number of hydrogen-bond acceptors (Lipinski definition) is 3. The summed E-state index contributed by atoms with van der Waals surface area (Å²) in [5.41, 5.74) is 11.2. The fourth-order valence-corrected chi connectivity index (χ4v) is 1.17.